The molecule has 18 heavy (non-hydrogen) atoms. The molecule has 7 nitrogen and oxygen atoms in total. The Kier molecular flexibility index (Phi) is 4.33. The minimum Gasteiger partial charge on any atom is -0.460 e. The van der Waals surface area contributed by atoms with E-state index in [1.807, 2.05) is 0 Å². The number of hydrogen-bond acceptors (Lipinski definition) is 4. The van der Waals surface area contributed by atoms with E-state index in [1.165, 1.54) is 0 Å². The fourth-order valence-electron chi connectivity index (χ4n) is 2.09. The first kappa shape index (κ1) is 14.1. The van der Waals surface area contributed by atoms with Gasteiger partial charge in [0.15, 0.2) is 0 Å². The molecule has 1 amide bonds. The number of nitrogens with zero attached hydrogens (tertiary/aromatic N) is 2. The Balaban J connectivity index is 3.16. The van der Waals surface area contributed by atoms with E-state index >= 15 is 0 Å². The molecule has 0 radical (unpaired) electrons. The number of ether oxygens (including phenoxy) is 1. The summed E-state index contributed by atoms with van der Waals surface area (Å²) in [5.74, 6) is -2.28. The third-order valence-electron chi connectivity index (χ3n) is 3.23. The maximum absolute atomic E-state index is 12.2. The van der Waals surface area contributed by atoms with Crippen LogP contribution < -0.4 is 5.32 Å². The third kappa shape index (κ3) is 2.17. The number of amides is 1. The molecule has 1 heterocycles. The molecule has 0 bridgehead atoms. The Morgan fingerprint density at radius 1 is 1.56 bits per heavy atom. The quantitative estimate of drug-likeness (QED) is 0.244. The summed E-state index contributed by atoms with van der Waals surface area (Å²) >= 11 is 0. The number of carbonyl (C=O) groups excluding carboxylic acids is 3. The molecule has 1 aliphatic rings. The predicted octanol–water partition coefficient (Wildman–Crippen LogP) is -0.294. The zero-order valence-electron chi connectivity index (χ0n) is 10.4. The highest BCUT2D eigenvalue weighted by molar-refractivity contribution is 6.64. The molecule has 0 aliphatic carbocycles. The van der Waals surface area contributed by atoms with Crippen molar-refractivity contribution < 1.29 is 23.9 Å². The van der Waals surface area contributed by atoms with Crippen molar-refractivity contribution in [1.29, 1.82) is 0 Å². The normalized spacial score (nSPS) is 22.7. The maximum Gasteiger partial charge on any atom is 0.442 e. The summed E-state index contributed by atoms with van der Waals surface area (Å²) in [4.78, 5) is 38.1. The van der Waals surface area contributed by atoms with Gasteiger partial charge >= 0.3 is 11.7 Å². The topological polar surface area (TPSA) is 109 Å². The second-order valence-electron chi connectivity index (χ2n) is 4.06. The van der Waals surface area contributed by atoms with E-state index < -0.39 is 28.8 Å². The van der Waals surface area contributed by atoms with E-state index in [9.17, 15) is 14.4 Å². The number of ketones is 1. The number of Topliss-reactive ketones (excluding diaryl/α,β-unsaturated/α-hetero) is 1. The Morgan fingerprint density at radius 2 is 2.22 bits per heavy atom. The highest BCUT2D eigenvalue weighted by Crippen LogP contribution is 2.32. The van der Waals surface area contributed by atoms with Crippen molar-refractivity contribution in [3.63, 3.8) is 0 Å². The first-order chi connectivity index (χ1) is 8.53. The van der Waals surface area contributed by atoms with Crippen LogP contribution in [0.4, 0.5) is 0 Å². The van der Waals surface area contributed by atoms with Gasteiger partial charge in [0, 0.05) is 6.54 Å². The Morgan fingerprint density at radius 3 is 2.67 bits per heavy atom. The van der Waals surface area contributed by atoms with E-state index in [0.29, 0.717) is 19.4 Å². The monoisotopic (exact) mass is 253 g/mol. The van der Waals surface area contributed by atoms with Gasteiger partial charge in [-0.3, -0.25) is 9.59 Å². The molecular weight excluding hydrogens is 238 g/mol. The predicted molar refractivity (Wildman–Crippen MR) is 60.6 cm³/mol. The highest BCUT2D eigenvalue weighted by atomic mass is 16.5. The zero-order valence-corrected chi connectivity index (χ0v) is 10.4. The van der Waals surface area contributed by atoms with Crippen molar-refractivity contribution in [3.8, 4) is 0 Å². The van der Waals surface area contributed by atoms with Gasteiger partial charge in [-0.05, 0) is 19.3 Å². The number of piperidine rings is 1. The fourth-order valence-corrected chi connectivity index (χ4v) is 2.09. The number of hydrogen-bond donors (Lipinski definition) is 1. The van der Waals surface area contributed by atoms with Crippen LogP contribution in [0.15, 0.2) is 0 Å². The summed E-state index contributed by atoms with van der Waals surface area (Å²) in [6, 6.07) is 0. The van der Waals surface area contributed by atoms with Crippen molar-refractivity contribution in [2.24, 2.45) is 5.41 Å². The summed E-state index contributed by atoms with van der Waals surface area (Å²) < 4.78 is 4.36. The van der Waals surface area contributed by atoms with Gasteiger partial charge in [-0.2, -0.15) is 4.79 Å². The molecule has 0 aromatic rings. The Labute approximate surface area is 104 Å². The van der Waals surface area contributed by atoms with Gasteiger partial charge in [0.05, 0.1) is 7.11 Å². The summed E-state index contributed by atoms with van der Waals surface area (Å²) in [7, 11) is 1.07. The number of nitrogens with one attached hydrogen (secondary N) is 1. The van der Waals surface area contributed by atoms with E-state index in [4.69, 9.17) is 5.53 Å². The molecule has 0 aromatic carbocycles. The van der Waals surface area contributed by atoms with Crippen LogP contribution >= 0.6 is 0 Å². The van der Waals surface area contributed by atoms with E-state index in [-0.39, 0.29) is 6.42 Å². The van der Waals surface area contributed by atoms with Crippen LogP contribution in [0.2, 0.25) is 0 Å². The lowest BCUT2D eigenvalue weighted by Crippen LogP contribution is -2.53. The molecule has 98 valence electrons. The van der Waals surface area contributed by atoms with Gasteiger partial charge in [0.1, 0.15) is 5.41 Å². The van der Waals surface area contributed by atoms with Gasteiger partial charge in [-0.1, -0.05) is 6.92 Å². The standard InChI is InChI=1S/C11H15N3O4/c1-3-11(5-4-6-13-10(11)17)8(15)7(14-12)9(16)18-2/h3-6H2,1-2H3,(H,13,17). The van der Waals surface area contributed by atoms with Crippen LogP contribution in [0.5, 0.6) is 0 Å². The molecule has 1 atom stereocenters. The van der Waals surface area contributed by atoms with Gasteiger partial charge in [-0.25, -0.2) is 4.79 Å². The molecule has 1 rings (SSSR count). The lowest BCUT2D eigenvalue weighted by molar-refractivity contribution is -0.146. The fraction of sp³-hybridized carbons (Fsp3) is 0.636. The number of rotatable bonds is 4. The minimum absolute atomic E-state index is 0.230. The van der Waals surface area contributed by atoms with Crippen molar-refractivity contribution >= 4 is 23.4 Å². The van der Waals surface area contributed by atoms with Gasteiger partial charge in [0.2, 0.25) is 5.91 Å². The van der Waals surface area contributed by atoms with Gasteiger partial charge < -0.3 is 15.6 Å². The van der Waals surface area contributed by atoms with Crippen LogP contribution in [0.1, 0.15) is 26.2 Å². The zero-order chi connectivity index (χ0) is 13.8. The van der Waals surface area contributed by atoms with Crippen LogP contribution in [-0.2, 0) is 19.1 Å². The van der Waals surface area contributed by atoms with Gasteiger partial charge in [0.25, 0.3) is 5.78 Å². The molecule has 7 heteroatoms. The number of carbonyl (C=O) groups is 3. The van der Waals surface area contributed by atoms with Crippen LogP contribution in [0.3, 0.4) is 0 Å². The average molecular weight is 253 g/mol. The third-order valence-corrected chi connectivity index (χ3v) is 3.23. The summed E-state index contributed by atoms with van der Waals surface area (Å²) in [6.45, 7) is 2.17. The SMILES string of the molecule is CCC1(C(=O)C(=[N+]=[N-])C(=O)OC)CCCNC1=O. The van der Waals surface area contributed by atoms with Crippen molar-refractivity contribution in [1.82, 2.24) is 5.32 Å². The molecule has 1 N–H and O–H groups in total. The van der Waals surface area contributed by atoms with Crippen LogP contribution in [0.25, 0.3) is 5.53 Å². The Hall–Kier alpha value is -2.01. The molecule has 1 fully saturated rings. The lowest BCUT2D eigenvalue weighted by atomic mass is 9.72. The highest BCUT2D eigenvalue weighted by Gasteiger charge is 2.52. The summed E-state index contributed by atoms with van der Waals surface area (Å²) in [5, 5.41) is 2.59. The summed E-state index contributed by atoms with van der Waals surface area (Å²) in [6.07, 6.45) is 1.18. The number of methoxy groups -OCH3 is 1. The number of esters is 1. The molecule has 1 unspecified atom stereocenters. The lowest BCUT2D eigenvalue weighted by Gasteiger charge is -2.31. The molecule has 1 aliphatic heterocycles. The van der Waals surface area contributed by atoms with E-state index in [2.05, 4.69) is 14.8 Å². The van der Waals surface area contributed by atoms with E-state index in [0.717, 1.165) is 7.11 Å². The van der Waals surface area contributed by atoms with Gasteiger partial charge in [-0.15, -0.1) is 0 Å². The largest absolute Gasteiger partial charge is 0.460 e. The smallest absolute Gasteiger partial charge is 0.442 e. The first-order valence-electron chi connectivity index (χ1n) is 5.67. The second kappa shape index (κ2) is 5.55. The van der Waals surface area contributed by atoms with Crippen molar-refractivity contribution in [3.05, 3.63) is 5.53 Å². The van der Waals surface area contributed by atoms with Crippen molar-refractivity contribution in [2.75, 3.05) is 13.7 Å². The molecular formula is C11H15N3O4. The molecule has 0 saturated carbocycles. The van der Waals surface area contributed by atoms with Crippen LogP contribution in [-0.4, -0.2) is 41.8 Å². The van der Waals surface area contributed by atoms with Crippen molar-refractivity contribution in [2.45, 2.75) is 26.2 Å². The first-order valence-corrected chi connectivity index (χ1v) is 5.67. The molecule has 1 saturated heterocycles. The maximum atomic E-state index is 12.2. The molecule has 0 spiro atoms. The van der Waals surface area contributed by atoms with Crippen LogP contribution in [0, 0.1) is 5.41 Å². The molecule has 0 aromatic heterocycles. The second-order valence-corrected chi connectivity index (χ2v) is 4.06. The summed E-state index contributed by atoms with van der Waals surface area (Å²) in [5.41, 5.74) is 6.68. The minimum atomic E-state index is -1.34. The van der Waals surface area contributed by atoms with E-state index in [1.54, 1.807) is 6.92 Å². The average Bonchev–Trinajstić information content (AvgIpc) is 2.40. The Bertz CT molecular complexity index is 440.